The molecular formula is C13H11ClN4. The molecule has 0 aliphatic carbocycles. The fourth-order valence-corrected chi connectivity index (χ4v) is 2.06. The van der Waals surface area contributed by atoms with Crippen LogP contribution < -0.4 is 5.32 Å². The lowest BCUT2D eigenvalue weighted by Gasteiger charge is -2.10. The van der Waals surface area contributed by atoms with E-state index in [9.17, 15) is 0 Å². The van der Waals surface area contributed by atoms with Gasteiger partial charge in [-0.3, -0.25) is 0 Å². The number of halogens is 1. The van der Waals surface area contributed by atoms with E-state index in [0.29, 0.717) is 0 Å². The molecule has 5 heteroatoms. The highest BCUT2D eigenvalue weighted by Gasteiger charge is 2.04. The van der Waals surface area contributed by atoms with Gasteiger partial charge in [0.15, 0.2) is 5.65 Å². The molecule has 0 bridgehead atoms. The zero-order chi connectivity index (χ0) is 12.5. The largest absolute Gasteiger partial charge is 0.340 e. The van der Waals surface area contributed by atoms with Crippen molar-refractivity contribution < 1.29 is 0 Å². The van der Waals surface area contributed by atoms with Crippen molar-refractivity contribution in [2.45, 2.75) is 6.92 Å². The molecule has 2 aromatic heterocycles. The maximum atomic E-state index is 5.94. The number of rotatable bonds is 2. The minimum atomic E-state index is 0.733. The molecule has 0 atom stereocenters. The number of hydrogen-bond acceptors (Lipinski definition) is 3. The summed E-state index contributed by atoms with van der Waals surface area (Å²) in [4.78, 5) is 4.22. The smallest absolute Gasteiger partial charge is 0.157 e. The molecule has 2 heterocycles. The SMILES string of the molecule is Cc1cc(Cl)ccc1Nc1ccnc2ccnn12. The van der Waals surface area contributed by atoms with Crippen molar-refractivity contribution in [2.75, 3.05) is 5.32 Å². The van der Waals surface area contributed by atoms with Gasteiger partial charge in [0.05, 0.1) is 6.20 Å². The second kappa shape index (κ2) is 4.31. The average molecular weight is 259 g/mol. The fraction of sp³-hybridized carbons (Fsp3) is 0.0769. The molecule has 4 nitrogen and oxygen atoms in total. The maximum Gasteiger partial charge on any atom is 0.157 e. The molecule has 0 radical (unpaired) electrons. The molecule has 0 spiro atoms. The van der Waals surface area contributed by atoms with Gasteiger partial charge in [0.25, 0.3) is 0 Å². The number of benzene rings is 1. The van der Waals surface area contributed by atoms with Crippen LogP contribution in [0.25, 0.3) is 5.65 Å². The molecule has 0 fully saturated rings. The van der Waals surface area contributed by atoms with Crippen molar-refractivity contribution in [1.29, 1.82) is 0 Å². The highest BCUT2D eigenvalue weighted by Crippen LogP contribution is 2.23. The Morgan fingerprint density at radius 2 is 2.06 bits per heavy atom. The summed E-state index contributed by atoms with van der Waals surface area (Å²) in [5.74, 6) is 0.871. The highest BCUT2D eigenvalue weighted by atomic mass is 35.5. The van der Waals surface area contributed by atoms with Crippen molar-refractivity contribution >= 4 is 28.8 Å². The first kappa shape index (κ1) is 11.0. The Balaban J connectivity index is 2.03. The summed E-state index contributed by atoms with van der Waals surface area (Å²) in [7, 11) is 0. The van der Waals surface area contributed by atoms with Gasteiger partial charge in [0.1, 0.15) is 5.82 Å². The first-order valence-electron chi connectivity index (χ1n) is 5.56. The zero-order valence-corrected chi connectivity index (χ0v) is 10.5. The van der Waals surface area contributed by atoms with Crippen molar-refractivity contribution in [2.24, 2.45) is 0 Å². The molecule has 3 rings (SSSR count). The van der Waals surface area contributed by atoms with Gasteiger partial charge in [-0.25, -0.2) is 4.98 Å². The molecule has 0 saturated carbocycles. The molecule has 0 unspecified atom stereocenters. The third-order valence-corrected chi connectivity index (χ3v) is 2.98. The predicted molar refractivity (Wildman–Crippen MR) is 72.5 cm³/mol. The normalized spacial score (nSPS) is 10.8. The van der Waals surface area contributed by atoms with Gasteiger partial charge in [0.2, 0.25) is 0 Å². The molecule has 0 aliphatic rings. The van der Waals surface area contributed by atoms with Crippen molar-refractivity contribution in [3.05, 3.63) is 53.3 Å². The van der Waals surface area contributed by atoms with Crippen molar-refractivity contribution in [3.8, 4) is 0 Å². The molecule has 18 heavy (non-hydrogen) atoms. The van der Waals surface area contributed by atoms with Gasteiger partial charge in [-0.15, -0.1) is 0 Å². The van der Waals surface area contributed by atoms with Crippen LogP contribution in [-0.4, -0.2) is 14.6 Å². The van der Waals surface area contributed by atoms with E-state index in [-0.39, 0.29) is 0 Å². The Labute approximate surface area is 109 Å². The average Bonchev–Trinajstić information content (AvgIpc) is 2.82. The minimum absolute atomic E-state index is 0.733. The third kappa shape index (κ3) is 1.91. The molecular weight excluding hydrogens is 248 g/mol. The summed E-state index contributed by atoms with van der Waals surface area (Å²) < 4.78 is 1.76. The van der Waals surface area contributed by atoms with Crippen LogP contribution in [0, 0.1) is 6.92 Å². The monoisotopic (exact) mass is 258 g/mol. The van der Waals surface area contributed by atoms with Gasteiger partial charge < -0.3 is 5.32 Å². The second-order valence-corrected chi connectivity index (χ2v) is 4.45. The summed E-state index contributed by atoms with van der Waals surface area (Å²) in [6.07, 6.45) is 3.48. The molecule has 0 aliphatic heterocycles. The number of hydrogen-bond donors (Lipinski definition) is 1. The number of nitrogens with zero attached hydrogens (tertiary/aromatic N) is 3. The summed E-state index contributed by atoms with van der Waals surface area (Å²) >= 11 is 5.94. The standard InChI is InChI=1S/C13H11ClN4/c1-9-8-10(14)2-3-11(9)17-13-4-6-15-12-5-7-16-18(12)13/h2-8,17H,1H3. The molecule has 90 valence electrons. The molecule has 0 saturated heterocycles. The minimum Gasteiger partial charge on any atom is -0.340 e. The molecule has 3 aromatic rings. The number of anilines is 2. The van der Waals surface area contributed by atoms with Crippen LogP contribution >= 0.6 is 11.6 Å². The van der Waals surface area contributed by atoms with Crippen molar-refractivity contribution in [3.63, 3.8) is 0 Å². The van der Waals surface area contributed by atoms with Crippen LogP contribution in [0.2, 0.25) is 5.02 Å². The van der Waals surface area contributed by atoms with Gasteiger partial charge in [0, 0.05) is 23.0 Å². The molecule has 0 amide bonds. The first-order chi connectivity index (χ1) is 8.74. The van der Waals surface area contributed by atoms with Crippen LogP contribution in [0.3, 0.4) is 0 Å². The Kier molecular flexibility index (Phi) is 2.64. The Morgan fingerprint density at radius 1 is 1.17 bits per heavy atom. The third-order valence-electron chi connectivity index (χ3n) is 2.74. The lowest BCUT2D eigenvalue weighted by Crippen LogP contribution is -2.01. The van der Waals surface area contributed by atoms with E-state index < -0.39 is 0 Å². The van der Waals surface area contributed by atoms with E-state index in [0.717, 1.165) is 27.7 Å². The number of fused-ring (bicyclic) bond motifs is 1. The second-order valence-electron chi connectivity index (χ2n) is 4.02. The van der Waals surface area contributed by atoms with E-state index in [1.54, 1.807) is 16.9 Å². The molecule has 1 aromatic carbocycles. The van der Waals surface area contributed by atoms with Crippen LogP contribution in [0.1, 0.15) is 5.56 Å². The predicted octanol–water partition coefficient (Wildman–Crippen LogP) is 3.43. The van der Waals surface area contributed by atoms with E-state index in [1.165, 1.54) is 0 Å². The number of aromatic nitrogens is 3. The summed E-state index contributed by atoms with van der Waals surface area (Å²) in [5, 5.41) is 8.29. The number of aryl methyl sites for hydroxylation is 1. The van der Waals surface area contributed by atoms with Gasteiger partial charge in [-0.05, 0) is 36.8 Å². The van der Waals surface area contributed by atoms with Crippen LogP contribution in [-0.2, 0) is 0 Å². The summed E-state index contributed by atoms with van der Waals surface area (Å²) in [6.45, 7) is 2.01. The van der Waals surface area contributed by atoms with E-state index in [1.807, 2.05) is 37.3 Å². The Morgan fingerprint density at radius 3 is 2.89 bits per heavy atom. The van der Waals surface area contributed by atoms with Gasteiger partial charge >= 0.3 is 0 Å². The van der Waals surface area contributed by atoms with Crippen LogP contribution in [0.4, 0.5) is 11.5 Å². The number of nitrogens with one attached hydrogen (secondary N) is 1. The maximum absolute atomic E-state index is 5.94. The highest BCUT2D eigenvalue weighted by molar-refractivity contribution is 6.30. The van der Waals surface area contributed by atoms with Gasteiger partial charge in [-0.2, -0.15) is 9.61 Å². The summed E-state index contributed by atoms with van der Waals surface area (Å²) in [6, 6.07) is 9.48. The van der Waals surface area contributed by atoms with E-state index in [2.05, 4.69) is 15.4 Å². The molecule has 1 N–H and O–H groups in total. The quantitative estimate of drug-likeness (QED) is 0.766. The lowest BCUT2D eigenvalue weighted by atomic mass is 10.2. The van der Waals surface area contributed by atoms with Crippen LogP contribution in [0.15, 0.2) is 42.7 Å². The Hall–Kier alpha value is -2.07. The van der Waals surface area contributed by atoms with E-state index >= 15 is 0 Å². The Bertz CT molecular complexity index is 705. The first-order valence-corrected chi connectivity index (χ1v) is 5.94. The van der Waals surface area contributed by atoms with Gasteiger partial charge in [-0.1, -0.05) is 11.6 Å². The van der Waals surface area contributed by atoms with Crippen molar-refractivity contribution in [1.82, 2.24) is 14.6 Å². The topological polar surface area (TPSA) is 42.2 Å². The van der Waals surface area contributed by atoms with Crippen LogP contribution in [0.5, 0.6) is 0 Å². The lowest BCUT2D eigenvalue weighted by molar-refractivity contribution is 0.947. The fourth-order valence-electron chi connectivity index (χ4n) is 1.83. The van der Waals surface area contributed by atoms with E-state index in [4.69, 9.17) is 11.6 Å². The zero-order valence-electron chi connectivity index (χ0n) is 9.76. The summed E-state index contributed by atoms with van der Waals surface area (Å²) in [5.41, 5.74) is 2.90.